The van der Waals surface area contributed by atoms with Gasteiger partial charge in [-0.2, -0.15) is 0 Å². The molecule has 14 heteroatoms. The summed E-state index contributed by atoms with van der Waals surface area (Å²) in [6, 6.07) is -0.268. The highest BCUT2D eigenvalue weighted by molar-refractivity contribution is 6.00. The summed E-state index contributed by atoms with van der Waals surface area (Å²) in [6.07, 6.45) is 1.63. The predicted octanol–water partition coefficient (Wildman–Crippen LogP) is 4.52. The van der Waals surface area contributed by atoms with Gasteiger partial charge in [-0.15, -0.1) is 0 Å². The maximum atomic E-state index is 14.3. The van der Waals surface area contributed by atoms with Gasteiger partial charge >= 0.3 is 18.0 Å². The Balaban J connectivity index is 2.17. The van der Waals surface area contributed by atoms with Gasteiger partial charge in [0.1, 0.15) is 18.3 Å². The van der Waals surface area contributed by atoms with Crippen molar-refractivity contribution >= 4 is 29.6 Å². The van der Waals surface area contributed by atoms with E-state index in [-0.39, 0.29) is 37.2 Å². The van der Waals surface area contributed by atoms with E-state index in [0.29, 0.717) is 12.0 Å². The molecule has 0 unspecified atom stereocenters. The molecule has 0 amide bonds. The van der Waals surface area contributed by atoms with Crippen LogP contribution in [0.2, 0.25) is 0 Å². The van der Waals surface area contributed by atoms with Crippen LogP contribution in [0.5, 0.6) is 0 Å². The Hall–Kier alpha value is -3.46. The molecule has 286 valence electrons. The number of aromatic nitrogens is 2. The van der Waals surface area contributed by atoms with Crippen molar-refractivity contribution in [3.63, 3.8) is 0 Å². The number of allylic oxidation sites excluding steroid dienone is 1. The van der Waals surface area contributed by atoms with E-state index in [1.54, 1.807) is 40.7 Å². The summed E-state index contributed by atoms with van der Waals surface area (Å²) in [4.78, 5) is 73.6. The van der Waals surface area contributed by atoms with Gasteiger partial charge in [0.2, 0.25) is 0 Å². The van der Waals surface area contributed by atoms with Crippen LogP contribution in [0.25, 0.3) is 0 Å². The fourth-order valence-electron chi connectivity index (χ4n) is 7.22. The highest BCUT2D eigenvalue weighted by atomic mass is 16.7. The Morgan fingerprint density at radius 3 is 2.29 bits per heavy atom. The van der Waals surface area contributed by atoms with Crippen molar-refractivity contribution in [2.45, 2.75) is 136 Å². The Kier molecular flexibility index (Phi) is 14.3. The van der Waals surface area contributed by atoms with Gasteiger partial charge in [0.05, 0.1) is 23.9 Å². The third kappa shape index (κ3) is 9.70. The Morgan fingerprint density at radius 1 is 1.10 bits per heavy atom. The quantitative estimate of drug-likeness (QED) is 0.210. The molecule has 3 rings (SSSR count). The Bertz CT molecular complexity index is 1430. The summed E-state index contributed by atoms with van der Waals surface area (Å²) < 4.78 is 37.9. The largest absolute Gasteiger partial charge is 0.457 e. The minimum absolute atomic E-state index is 0.0984. The minimum Gasteiger partial charge on any atom is -0.457 e. The number of carbonyl (C=O) groups excluding carboxylic acids is 5. The van der Waals surface area contributed by atoms with Crippen LogP contribution in [-0.2, 0) is 47.6 Å². The molecule has 14 nitrogen and oxygen atoms in total. The van der Waals surface area contributed by atoms with E-state index < -0.39 is 77.4 Å². The van der Waals surface area contributed by atoms with Gasteiger partial charge in [-0.05, 0) is 79.1 Å². The molecule has 51 heavy (non-hydrogen) atoms. The first kappa shape index (κ1) is 42.0. The van der Waals surface area contributed by atoms with Gasteiger partial charge < -0.3 is 33.3 Å². The summed E-state index contributed by atoms with van der Waals surface area (Å²) in [5.74, 6) is -5.04. The van der Waals surface area contributed by atoms with Gasteiger partial charge in [-0.1, -0.05) is 27.7 Å². The predicted molar refractivity (Wildman–Crippen MR) is 185 cm³/mol. The van der Waals surface area contributed by atoms with Crippen LogP contribution in [0, 0.1) is 17.8 Å². The molecule has 1 fully saturated rings. The number of ether oxygens (including phenoxy) is 6. The van der Waals surface area contributed by atoms with E-state index in [4.69, 9.17) is 28.4 Å². The molecule has 2 aliphatic heterocycles. The topological polar surface area (TPSA) is 162 Å². The minimum atomic E-state index is -1.59. The highest BCUT2D eigenvalue weighted by Gasteiger charge is 2.51. The standard InChI is InChI=1S/C37H57N3O11/c1-13-26-19-36(8,51-35(45)40-16-15-38-20-40)28(14-2)49-33(44)24(6)30(43)23(5)32(37(9,46-12)18-21(3)29(26)42)50-34-31(48-25(7)41)27(39(10)11)17-22(4)47-34/h15-16,19-24,27-28,31-32,34H,13-14,17-18H2,1-12H3/t21-,22-,23+,24-,27+,28-,31-,32-,34+,36+,37+/m1/s1. The van der Waals surface area contributed by atoms with Crippen molar-refractivity contribution < 1.29 is 52.4 Å². The first-order valence-corrected chi connectivity index (χ1v) is 17.7. The van der Waals surface area contributed by atoms with Gasteiger partial charge in [-0.3, -0.25) is 19.2 Å². The van der Waals surface area contributed by atoms with Crippen molar-refractivity contribution in [2.75, 3.05) is 21.2 Å². The molecule has 0 aromatic carbocycles. The van der Waals surface area contributed by atoms with Crippen LogP contribution >= 0.6 is 0 Å². The summed E-state index contributed by atoms with van der Waals surface area (Å²) in [5, 5.41) is 0. The molecule has 0 N–H and O–H groups in total. The fourth-order valence-corrected chi connectivity index (χ4v) is 7.22. The number of hydrogen-bond acceptors (Lipinski definition) is 13. The van der Waals surface area contributed by atoms with Crippen LogP contribution in [0.4, 0.5) is 4.79 Å². The van der Waals surface area contributed by atoms with E-state index in [9.17, 15) is 24.0 Å². The van der Waals surface area contributed by atoms with E-state index >= 15 is 0 Å². The molecule has 0 saturated carbocycles. The number of carbonyl (C=O) groups is 5. The Labute approximate surface area is 301 Å². The Morgan fingerprint density at radius 2 is 1.76 bits per heavy atom. The number of methoxy groups -OCH3 is 1. The van der Waals surface area contributed by atoms with E-state index in [1.165, 1.54) is 39.7 Å². The summed E-state index contributed by atoms with van der Waals surface area (Å²) in [6.45, 7) is 14.9. The summed E-state index contributed by atoms with van der Waals surface area (Å²) in [7, 11) is 5.21. The van der Waals surface area contributed by atoms with Gasteiger partial charge in [0.25, 0.3) is 0 Å². The average molecular weight is 720 g/mol. The van der Waals surface area contributed by atoms with Crippen molar-refractivity contribution in [3.05, 3.63) is 30.4 Å². The van der Waals surface area contributed by atoms with Crippen molar-refractivity contribution in [1.82, 2.24) is 14.5 Å². The van der Waals surface area contributed by atoms with E-state index in [0.717, 1.165) is 4.57 Å². The third-order valence-electron chi connectivity index (χ3n) is 10.2. The smallest absolute Gasteiger partial charge is 0.420 e. The zero-order valence-electron chi connectivity index (χ0n) is 32.2. The van der Waals surface area contributed by atoms with Gasteiger partial charge in [-0.25, -0.2) is 14.3 Å². The lowest BCUT2D eigenvalue weighted by atomic mass is 9.76. The molecule has 3 heterocycles. The number of cyclic esters (lactones) is 1. The molecule has 0 aliphatic carbocycles. The molecule has 11 atom stereocenters. The average Bonchev–Trinajstić information content (AvgIpc) is 3.62. The lowest BCUT2D eigenvalue weighted by Crippen LogP contribution is -2.60. The molecule has 0 radical (unpaired) electrons. The van der Waals surface area contributed by atoms with E-state index in [2.05, 4.69) is 4.98 Å². The number of nitrogens with zero attached hydrogens (tertiary/aromatic N) is 3. The zero-order chi connectivity index (χ0) is 38.4. The van der Waals surface area contributed by atoms with Crippen molar-refractivity contribution in [2.24, 2.45) is 17.8 Å². The van der Waals surface area contributed by atoms with Crippen LogP contribution in [0.1, 0.15) is 88.0 Å². The van der Waals surface area contributed by atoms with Crippen molar-refractivity contribution in [1.29, 1.82) is 0 Å². The van der Waals surface area contributed by atoms with Crippen LogP contribution in [0.15, 0.2) is 30.4 Å². The molecule has 2 aliphatic rings. The molecule has 0 spiro atoms. The van der Waals surface area contributed by atoms with Crippen LogP contribution in [0.3, 0.4) is 0 Å². The maximum Gasteiger partial charge on any atom is 0.420 e. The first-order valence-electron chi connectivity index (χ1n) is 17.7. The summed E-state index contributed by atoms with van der Waals surface area (Å²) >= 11 is 0. The number of ketones is 2. The molecule has 1 aromatic rings. The molecule has 0 bridgehead atoms. The number of esters is 2. The molecule has 1 aromatic heterocycles. The highest BCUT2D eigenvalue weighted by Crippen LogP contribution is 2.38. The SMILES string of the molecule is CCC1=C[C@](C)(OC(=O)n2ccnc2)[C@@H](CC)OC(=O)[C@H](C)C(=O)[C@H](C)[C@@H](O[C@@H]2O[C@H](C)C[C@H](N(C)C)[C@H]2OC(C)=O)[C@@](C)(OC)C[C@@H](C)C1=O. The lowest BCUT2D eigenvalue weighted by molar-refractivity contribution is -0.297. The molecule has 1 saturated heterocycles. The molecular weight excluding hydrogens is 662 g/mol. The van der Waals surface area contributed by atoms with Gasteiger partial charge in [0.15, 0.2) is 29.6 Å². The first-order chi connectivity index (χ1) is 23.8. The van der Waals surface area contributed by atoms with Crippen molar-refractivity contribution in [3.8, 4) is 0 Å². The van der Waals surface area contributed by atoms with Crippen LogP contribution in [-0.4, -0.2) is 113 Å². The zero-order valence-corrected chi connectivity index (χ0v) is 32.2. The number of imidazole rings is 1. The number of hydrogen-bond donors (Lipinski definition) is 0. The second-order valence-corrected chi connectivity index (χ2v) is 14.5. The normalized spacial score (nSPS) is 35.8. The number of Topliss-reactive ketones (excluding diaryl/α,β-unsaturated/α-hetero) is 2. The number of rotatable bonds is 8. The van der Waals surface area contributed by atoms with Crippen LogP contribution < -0.4 is 0 Å². The third-order valence-corrected chi connectivity index (χ3v) is 10.2. The lowest BCUT2D eigenvalue weighted by Gasteiger charge is -2.47. The van der Waals surface area contributed by atoms with E-state index in [1.807, 2.05) is 32.8 Å². The number of likely N-dealkylation sites (N-methyl/N-ethyl adjacent to an activating group) is 1. The second-order valence-electron chi connectivity index (χ2n) is 14.5. The maximum absolute atomic E-state index is 14.3. The fraction of sp³-hybridized carbons (Fsp3) is 0.730. The summed E-state index contributed by atoms with van der Waals surface area (Å²) in [5.41, 5.74) is -2.53. The molecular formula is C37H57N3O11. The monoisotopic (exact) mass is 719 g/mol. The van der Waals surface area contributed by atoms with Gasteiger partial charge in [0, 0.05) is 38.3 Å². The second kappa shape index (κ2) is 17.4.